The zero-order valence-electron chi connectivity index (χ0n) is 12.0. The van der Waals surface area contributed by atoms with Gasteiger partial charge in [0.05, 0.1) is 18.6 Å². The largest absolute Gasteiger partial charge is 0.496 e. The molecule has 1 fully saturated rings. The van der Waals surface area contributed by atoms with Gasteiger partial charge in [-0.15, -0.1) is 0 Å². The Labute approximate surface area is 116 Å². The van der Waals surface area contributed by atoms with Crippen LogP contribution in [-0.2, 0) is 6.42 Å². The van der Waals surface area contributed by atoms with Gasteiger partial charge in [-0.05, 0) is 36.8 Å². The van der Waals surface area contributed by atoms with E-state index in [0.29, 0.717) is 5.92 Å². The number of hydrogen-bond donors (Lipinski definition) is 0. The second-order valence-electron chi connectivity index (χ2n) is 5.75. The Hall–Kier alpha value is -1.49. The molecule has 0 aromatic heterocycles. The van der Waals surface area contributed by atoms with Gasteiger partial charge in [0.1, 0.15) is 5.75 Å². The smallest absolute Gasteiger partial charge is 0.122 e. The molecule has 0 N–H and O–H groups in total. The predicted octanol–water partition coefficient (Wildman–Crippen LogP) is 4.35. The van der Waals surface area contributed by atoms with E-state index in [-0.39, 0.29) is 5.41 Å². The van der Waals surface area contributed by atoms with Gasteiger partial charge in [0.25, 0.3) is 0 Å². The second kappa shape index (κ2) is 6.10. The Bertz CT molecular complexity index is 463. The number of ether oxygens (including phenoxy) is 1. The minimum Gasteiger partial charge on any atom is -0.496 e. The standard InChI is InChI=1S/C17H23NO/c1-3-14-7-6-10-17(11-14,13-18)12-15-8-4-5-9-16(15)19-2/h4-5,8-9,14H,3,6-7,10-12H2,1-2H3. The number of para-hydroxylation sites is 1. The topological polar surface area (TPSA) is 33.0 Å². The van der Waals surface area contributed by atoms with E-state index in [9.17, 15) is 5.26 Å². The minimum atomic E-state index is -0.187. The lowest BCUT2D eigenvalue weighted by Gasteiger charge is -2.35. The fourth-order valence-electron chi connectivity index (χ4n) is 3.35. The van der Waals surface area contributed by atoms with E-state index in [0.717, 1.165) is 25.0 Å². The first-order valence-electron chi connectivity index (χ1n) is 7.26. The summed E-state index contributed by atoms with van der Waals surface area (Å²) in [5.74, 6) is 1.62. The summed E-state index contributed by atoms with van der Waals surface area (Å²) < 4.78 is 5.42. The highest BCUT2D eigenvalue weighted by molar-refractivity contribution is 5.35. The summed E-state index contributed by atoms with van der Waals surface area (Å²) in [4.78, 5) is 0. The van der Waals surface area contributed by atoms with Crippen molar-refractivity contribution in [2.45, 2.75) is 45.4 Å². The molecule has 2 unspecified atom stereocenters. The Balaban J connectivity index is 2.21. The van der Waals surface area contributed by atoms with Crippen molar-refractivity contribution in [3.05, 3.63) is 29.8 Å². The number of hydrogen-bond acceptors (Lipinski definition) is 2. The molecule has 19 heavy (non-hydrogen) atoms. The average Bonchev–Trinajstić information content (AvgIpc) is 2.48. The van der Waals surface area contributed by atoms with E-state index in [4.69, 9.17) is 4.74 Å². The van der Waals surface area contributed by atoms with Gasteiger partial charge >= 0.3 is 0 Å². The lowest BCUT2D eigenvalue weighted by molar-refractivity contribution is 0.193. The zero-order chi connectivity index (χ0) is 13.7. The Morgan fingerprint density at radius 3 is 2.89 bits per heavy atom. The molecule has 1 saturated carbocycles. The number of nitriles is 1. The van der Waals surface area contributed by atoms with Crippen LogP contribution in [0.1, 0.15) is 44.6 Å². The molecule has 0 heterocycles. The summed E-state index contributed by atoms with van der Waals surface area (Å²) in [5, 5.41) is 9.69. The molecule has 0 spiro atoms. The van der Waals surface area contributed by atoms with Crippen molar-refractivity contribution >= 4 is 0 Å². The van der Waals surface area contributed by atoms with Gasteiger partial charge in [0.2, 0.25) is 0 Å². The van der Waals surface area contributed by atoms with Crippen LogP contribution in [0.15, 0.2) is 24.3 Å². The number of rotatable bonds is 4. The highest BCUT2D eigenvalue weighted by Gasteiger charge is 2.36. The van der Waals surface area contributed by atoms with Crippen molar-refractivity contribution < 1.29 is 4.74 Å². The summed E-state index contributed by atoms with van der Waals surface area (Å²) in [6.07, 6.45) is 6.54. The van der Waals surface area contributed by atoms with Gasteiger partial charge in [-0.3, -0.25) is 0 Å². The molecule has 0 amide bonds. The fourth-order valence-corrected chi connectivity index (χ4v) is 3.35. The maximum Gasteiger partial charge on any atom is 0.122 e. The molecule has 2 heteroatoms. The monoisotopic (exact) mass is 257 g/mol. The molecule has 2 rings (SSSR count). The second-order valence-corrected chi connectivity index (χ2v) is 5.75. The highest BCUT2D eigenvalue weighted by atomic mass is 16.5. The Morgan fingerprint density at radius 2 is 2.21 bits per heavy atom. The van der Waals surface area contributed by atoms with Gasteiger partial charge in [-0.1, -0.05) is 44.4 Å². The minimum absolute atomic E-state index is 0.187. The highest BCUT2D eigenvalue weighted by Crippen LogP contribution is 2.43. The normalized spacial score (nSPS) is 26.7. The third kappa shape index (κ3) is 3.10. The molecule has 0 aliphatic heterocycles. The average molecular weight is 257 g/mol. The Kier molecular flexibility index (Phi) is 4.47. The summed E-state index contributed by atoms with van der Waals surface area (Å²) in [6, 6.07) is 10.7. The van der Waals surface area contributed by atoms with Crippen molar-refractivity contribution in [3.8, 4) is 11.8 Å². The SMILES string of the molecule is CCC1CCCC(C#N)(Cc2ccccc2OC)C1. The quantitative estimate of drug-likeness (QED) is 0.803. The van der Waals surface area contributed by atoms with Crippen LogP contribution in [0, 0.1) is 22.7 Å². The summed E-state index contributed by atoms with van der Waals surface area (Å²) in [7, 11) is 1.70. The van der Waals surface area contributed by atoms with Crippen LogP contribution in [-0.4, -0.2) is 7.11 Å². The lowest BCUT2D eigenvalue weighted by Crippen LogP contribution is -2.29. The molecule has 0 radical (unpaired) electrons. The first kappa shape index (κ1) is 13.9. The number of benzene rings is 1. The molecule has 2 atom stereocenters. The maximum atomic E-state index is 9.69. The fraction of sp³-hybridized carbons (Fsp3) is 0.588. The lowest BCUT2D eigenvalue weighted by atomic mass is 9.67. The summed E-state index contributed by atoms with van der Waals surface area (Å²) in [6.45, 7) is 2.24. The van der Waals surface area contributed by atoms with E-state index in [1.54, 1.807) is 7.11 Å². The van der Waals surface area contributed by atoms with Gasteiger partial charge in [0.15, 0.2) is 0 Å². The summed E-state index contributed by atoms with van der Waals surface area (Å²) >= 11 is 0. The molecule has 0 bridgehead atoms. The van der Waals surface area contributed by atoms with Crippen LogP contribution in [0.2, 0.25) is 0 Å². The van der Waals surface area contributed by atoms with E-state index in [2.05, 4.69) is 19.1 Å². The first-order valence-corrected chi connectivity index (χ1v) is 7.26. The molecule has 1 aliphatic rings. The van der Waals surface area contributed by atoms with Crippen LogP contribution < -0.4 is 4.74 Å². The van der Waals surface area contributed by atoms with Crippen LogP contribution in [0.5, 0.6) is 5.75 Å². The van der Waals surface area contributed by atoms with E-state index in [1.165, 1.54) is 24.8 Å². The van der Waals surface area contributed by atoms with Crippen molar-refractivity contribution in [2.24, 2.45) is 11.3 Å². The predicted molar refractivity (Wildman–Crippen MR) is 77.0 cm³/mol. The zero-order valence-corrected chi connectivity index (χ0v) is 12.0. The van der Waals surface area contributed by atoms with Gasteiger partial charge < -0.3 is 4.74 Å². The summed E-state index contributed by atoms with van der Waals surface area (Å²) in [5.41, 5.74) is 0.983. The molecular formula is C17H23NO. The number of nitrogens with zero attached hydrogens (tertiary/aromatic N) is 1. The third-order valence-corrected chi connectivity index (χ3v) is 4.48. The van der Waals surface area contributed by atoms with Gasteiger partial charge in [-0.25, -0.2) is 0 Å². The molecule has 2 nitrogen and oxygen atoms in total. The third-order valence-electron chi connectivity index (χ3n) is 4.48. The van der Waals surface area contributed by atoms with E-state index in [1.807, 2.05) is 18.2 Å². The maximum absolute atomic E-state index is 9.69. The van der Waals surface area contributed by atoms with Crippen LogP contribution >= 0.6 is 0 Å². The molecular weight excluding hydrogens is 234 g/mol. The Morgan fingerprint density at radius 1 is 1.42 bits per heavy atom. The molecule has 0 saturated heterocycles. The van der Waals surface area contributed by atoms with Gasteiger partial charge in [0, 0.05) is 0 Å². The van der Waals surface area contributed by atoms with Crippen molar-refractivity contribution in [2.75, 3.05) is 7.11 Å². The van der Waals surface area contributed by atoms with E-state index >= 15 is 0 Å². The van der Waals surface area contributed by atoms with Crippen LogP contribution in [0.4, 0.5) is 0 Å². The molecule has 1 aromatic carbocycles. The van der Waals surface area contributed by atoms with Crippen LogP contribution in [0.25, 0.3) is 0 Å². The molecule has 1 aromatic rings. The van der Waals surface area contributed by atoms with Crippen molar-refractivity contribution in [1.82, 2.24) is 0 Å². The van der Waals surface area contributed by atoms with E-state index < -0.39 is 0 Å². The molecule has 1 aliphatic carbocycles. The van der Waals surface area contributed by atoms with Crippen molar-refractivity contribution in [3.63, 3.8) is 0 Å². The number of methoxy groups -OCH3 is 1. The van der Waals surface area contributed by atoms with Gasteiger partial charge in [-0.2, -0.15) is 5.26 Å². The molecule has 102 valence electrons. The van der Waals surface area contributed by atoms with Crippen LogP contribution in [0.3, 0.4) is 0 Å². The first-order chi connectivity index (χ1) is 9.23. The van der Waals surface area contributed by atoms with Crippen molar-refractivity contribution in [1.29, 1.82) is 5.26 Å².